The fourth-order valence-corrected chi connectivity index (χ4v) is 5.42. The third-order valence-electron chi connectivity index (χ3n) is 7.48. The van der Waals surface area contributed by atoms with Crippen LogP contribution in [-0.2, 0) is 12.4 Å². The Balaban J connectivity index is 0.000000232. The van der Waals surface area contributed by atoms with Crippen LogP contribution >= 0.6 is 15.9 Å². The number of nitrogens with one attached hydrogen (secondary N) is 6. The van der Waals surface area contributed by atoms with Crippen LogP contribution in [0.4, 0.5) is 58.7 Å². The number of terminal acetylenes is 1. The zero-order valence-corrected chi connectivity index (χ0v) is 36.1. The Bertz CT molecular complexity index is 2520. The molecule has 0 unspecified atom stereocenters. The molecule has 59 heavy (non-hydrogen) atoms. The van der Waals surface area contributed by atoms with Crippen LogP contribution in [0, 0.1) is 23.4 Å². The molecule has 4 amide bonds. The van der Waals surface area contributed by atoms with Crippen LogP contribution in [0.3, 0.4) is 0 Å². The van der Waals surface area contributed by atoms with E-state index < -0.39 is 51.7 Å². The Hall–Kier alpha value is -6.03. The van der Waals surface area contributed by atoms with Gasteiger partial charge in [0.05, 0.1) is 22.5 Å². The number of benzene rings is 2. The molecule has 6 rings (SSSR count). The lowest BCUT2D eigenvalue weighted by molar-refractivity contribution is -0.138. The summed E-state index contributed by atoms with van der Waals surface area (Å²) in [5, 5.41) is 11.7. The molecule has 0 saturated heterocycles. The van der Waals surface area contributed by atoms with Gasteiger partial charge in [-0.15, -0.1) is 17.5 Å². The quantitative estimate of drug-likeness (QED) is 0.0595. The molecule has 0 aliphatic heterocycles. The summed E-state index contributed by atoms with van der Waals surface area (Å²) in [7, 11) is -2.64. The van der Waals surface area contributed by atoms with Gasteiger partial charge < -0.3 is 31.2 Å². The second-order valence-corrected chi connectivity index (χ2v) is 25.2. The number of aromatic amines is 2. The number of hydrogen-bond donors (Lipinski definition) is 6. The first-order valence-electron chi connectivity index (χ1n) is 17.5. The maximum atomic E-state index is 12.6. The molecule has 19 heteroatoms. The van der Waals surface area contributed by atoms with Crippen LogP contribution in [0.25, 0.3) is 22.1 Å². The summed E-state index contributed by atoms with van der Waals surface area (Å²) in [6, 6.07) is 10.9. The van der Waals surface area contributed by atoms with E-state index in [1.165, 1.54) is 24.3 Å². The molecule has 0 fully saturated rings. The molecule has 0 bridgehead atoms. The van der Waals surface area contributed by atoms with E-state index in [9.17, 15) is 35.9 Å². The van der Waals surface area contributed by atoms with E-state index in [0.29, 0.717) is 33.4 Å². The van der Waals surface area contributed by atoms with E-state index in [-0.39, 0.29) is 11.4 Å². The van der Waals surface area contributed by atoms with Gasteiger partial charge in [0, 0.05) is 57.0 Å². The van der Waals surface area contributed by atoms with Gasteiger partial charge in [-0.2, -0.15) is 26.3 Å². The predicted molar refractivity (Wildman–Crippen MR) is 230 cm³/mol. The Morgan fingerprint density at radius 1 is 0.661 bits per heavy atom. The first-order valence-corrected chi connectivity index (χ1v) is 25.3. The van der Waals surface area contributed by atoms with Gasteiger partial charge in [0.2, 0.25) is 0 Å². The van der Waals surface area contributed by atoms with Gasteiger partial charge in [0.25, 0.3) is 0 Å². The van der Waals surface area contributed by atoms with E-state index in [2.05, 4.69) is 113 Å². The number of aromatic nitrogens is 4. The van der Waals surface area contributed by atoms with Gasteiger partial charge in [-0.25, -0.2) is 19.6 Å². The summed E-state index contributed by atoms with van der Waals surface area (Å²) in [5.74, 6) is 3.12. The second-order valence-electron chi connectivity index (χ2n) is 14.8. The van der Waals surface area contributed by atoms with Crippen molar-refractivity contribution in [1.82, 2.24) is 19.9 Å². The number of H-pyrrole nitrogens is 2. The van der Waals surface area contributed by atoms with Gasteiger partial charge in [-0.3, -0.25) is 0 Å². The number of alkyl halides is 6. The minimum Gasteiger partial charge on any atom is -0.344 e. The Morgan fingerprint density at radius 3 is 1.46 bits per heavy atom. The lowest BCUT2D eigenvalue weighted by Crippen LogP contribution is -2.19. The van der Waals surface area contributed by atoms with E-state index in [4.69, 9.17) is 6.42 Å². The van der Waals surface area contributed by atoms with Gasteiger partial charge in [0.1, 0.15) is 27.4 Å². The molecular formula is C40H39BrF6N8O2Si2. The minimum atomic E-state index is -4.42. The van der Waals surface area contributed by atoms with Gasteiger partial charge in [-0.05, 0) is 76.6 Å². The number of urea groups is 2. The Labute approximate surface area is 346 Å². The third-order valence-corrected chi connectivity index (χ3v) is 9.65. The largest absolute Gasteiger partial charge is 0.416 e. The number of anilines is 4. The molecule has 4 aromatic heterocycles. The van der Waals surface area contributed by atoms with E-state index >= 15 is 0 Å². The fraction of sp³-hybridized carbons (Fsp3) is 0.200. The number of rotatable bonds is 4. The van der Waals surface area contributed by atoms with Crippen LogP contribution < -0.4 is 21.3 Å². The van der Waals surface area contributed by atoms with Crippen molar-refractivity contribution in [3.8, 4) is 23.4 Å². The van der Waals surface area contributed by atoms with Crippen molar-refractivity contribution in [3.05, 3.63) is 107 Å². The summed E-state index contributed by atoms with van der Waals surface area (Å²) in [5.41, 5.74) is 7.87. The van der Waals surface area contributed by atoms with Crippen molar-refractivity contribution in [1.29, 1.82) is 0 Å². The minimum absolute atomic E-state index is 0.246. The predicted octanol–water partition coefficient (Wildman–Crippen LogP) is 11.9. The molecule has 4 heterocycles. The van der Waals surface area contributed by atoms with Crippen LogP contribution in [0.15, 0.2) is 89.9 Å². The lowest BCUT2D eigenvalue weighted by Gasteiger charge is -2.09. The molecule has 0 saturated carbocycles. The molecule has 10 nitrogen and oxygen atoms in total. The normalized spacial score (nSPS) is 11.5. The number of amides is 4. The highest BCUT2D eigenvalue weighted by Crippen LogP contribution is 2.31. The monoisotopic (exact) mass is 912 g/mol. The third kappa shape index (κ3) is 14.4. The maximum absolute atomic E-state index is 12.6. The van der Waals surface area contributed by atoms with Crippen molar-refractivity contribution in [2.24, 2.45) is 0 Å². The van der Waals surface area contributed by atoms with Crippen LogP contribution in [-0.4, -0.2) is 48.1 Å². The first kappa shape index (κ1) is 45.7. The second kappa shape index (κ2) is 18.7. The van der Waals surface area contributed by atoms with E-state index in [0.717, 1.165) is 34.3 Å². The first-order chi connectivity index (χ1) is 27.4. The summed E-state index contributed by atoms with van der Waals surface area (Å²) in [4.78, 5) is 38.6. The highest BCUT2D eigenvalue weighted by Gasteiger charge is 2.31. The van der Waals surface area contributed by atoms with Crippen LogP contribution in [0.5, 0.6) is 0 Å². The number of fused-ring (bicyclic) bond motifs is 2. The number of hydrogen-bond acceptors (Lipinski definition) is 4. The summed E-state index contributed by atoms with van der Waals surface area (Å²) in [6.45, 7) is 12.9. The van der Waals surface area contributed by atoms with E-state index in [1.54, 1.807) is 30.9 Å². The average molecular weight is 914 g/mol. The molecular weight excluding hydrogens is 875 g/mol. The molecule has 0 radical (unpaired) electrons. The molecule has 6 N–H and O–H groups in total. The zero-order chi connectivity index (χ0) is 43.8. The maximum Gasteiger partial charge on any atom is 0.416 e. The molecule has 0 atom stereocenters. The zero-order valence-electron chi connectivity index (χ0n) is 32.5. The molecule has 6 aromatic rings. The topological polar surface area (TPSA) is 140 Å². The molecule has 0 aliphatic carbocycles. The summed E-state index contributed by atoms with van der Waals surface area (Å²) < 4.78 is 76.1. The van der Waals surface area contributed by atoms with Crippen molar-refractivity contribution >= 4 is 89.0 Å². The summed E-state index contributed by atoms with van der Waals surface area (Å²) in [6.07, 6.45) is 2.74. The van der Waals surface area contributed by atoms with Gasteiger partial charge in [0.15, 0.2) is 0 Å². The number of pyridine rings is 2. The standard InChI is InChI=1S/C20H19F3N4OSi.C15H10BrF3N4O.C5H10Si/c1-29(2,3)9-8-13-10-16-17(12-25-18(16)24-11-13)27-19(28)26-15-6-4-14(5-7-15)20(21,22)23;16-9-5-11-12(7-21-13(11)20-6-9)23-14(24)22-10-3-1-8(2-4-10)15(17,18)19;1-5-6(2,3)4/h4-7,10-12H,1-3H3,(H,24,25)(H2,26,27,28);1-7H,(H,20,21)(H2,22,23,24);1H,2-4H3. The van der Waals surface area contributed by atoms with Gasteiger partial charge in [-0.1, -0.05) is 45.2 Å². The smallest absolute Gasteiger partial charge is 0.344 e. The highest BCUT2D eigenvalue weighted by molar-refractivity contribution is 9.10. The molecule has 0 aliphatic rings. The number of carbonyl (C=O) groups is 2. The van der Waals surface area contributed by atoms with Crippen molar-refractivity contribution in [2.75, 3.05) is 21.3 Å². The Morgan fingerprint density at radius 2 is 1.07 bits per heavy atom. The molecule has 0 spiro atoms. The van der Waals surface area contributed by atoms with Crippen LogP contribution in [0.1, 0.15) is 16.7 Å². The number of nitrogens with zero attached hydrogens (tertiary/aromatic N) is 2. The Kier molecular flexibility index (Phi) is 14.5. The fourth-order valence-electron chi connectivity index (χ4n) is 4.57. The SMILES string of the molecule is C#C[Si](C)(C)C.C[Si](C)(C)C#Cc1cnc2[nH]cc(NC(=O)Nc3ccc(C(F)(F)F)cc3)c2c1.O=C(Nc1ccc(C(F)(F)F)cc1)Nc1c[nH]c2ncc(Br)cc12. The van der Waals surface area contributed by atoms with E-state index in [1.807, 2.05) is 6.07 Å². The van der Waals surface area contributed by atoms with Crippen molar-refractivity contribution in [3.63, 3.8) is 0 Å². The molecule has 308 valence electrons. The van der Waals surface area contributed by atoms with Crippen molar-refractivity contribution < 1.29 is 35.9 Å². The van der Waals surface area contributed by atoms with Crippen molar-refractivity contribution in [2.45, 2.75) is 51.6 Å². The summed E-state index contributed by atoms with van der Waals surface area (Å²) >= 11 is 3.30. The molecule has 2 aromatic carbocycles. The highest BCUT2D eigenvalue weighted by atomic mass is 79.9. The number of halogens is 7. The van der Waals surface area contributed by atoms with Crippen LogP contribution in [0.2, 0.25) is 39.3 Å². The number of carbonyl (C=O) groups excluding carboxylic acids is 2. The average Bonchev–Trinajstić information content (AvgIpc) is 3.73. The lowest BCUT2D eigenvalue weighted by atomic mass is 10.2. The van der Waals surface area contributed by atoms with Gasteiger partial charge >= 0.3 is 24.4 Å².